The van der Waals surface area contributed by atoms with E-state index in [0.29, 0.717) is 88.2 Å². The molecule has 2 aliphatic rings. The number of rotatable bonds is 18. The van der Waals surface area contributed by atoms with Gasteiger partial charge in [0.2, 0.25) is 11.8 Å². The van der Waals surface area contributed by atoms with Gasteiger partial charge >= 0.3 is 0 Å². The van der Waals surface area contributed by atoms with E-state index in [-0.39, 0.29) is 53.7 Å². The average molecular weight is 959 g/mol. The summed E-state index contributed by atoms with van der Waals surface area (Å²) in [6.07, 6.45) is 3.66. The van der Waals surface area contributed by atoms with Crippen LogP contribution < -0.4 is 32.7 Å². The quantitative estimate of drug-likeness (QED) is 0.0511. The molecule has 0 aliphatic carbocycles. The zero-order valence-corrected chi connectivity index (χ0v) is 41.8. The molecule has 2 unspecified atom stereocenters. The van der Waals surface area contributed by atoms with Crippen molar-refractivity contribution in [3.05, 3.63) is 168 Å². The van der Waals surface area contributed by atoms with Gasteiger partial charge in [-0.15, -0.1) is 0 Å². The van der Waals surface area contributed by atoms with E-state index in [1.807, 2.05) is 107 Å². The Labute approximate surface area is 420 Å². The Morgan fingerprint density at radius 2 is 1.00 bits per heavy atom. The first-order valence-corrected chi connectivity index (χ1v) is 25.7. The van der Waals surface area contributed by atoms with E-state index >= 15 is 0 Å². The van der Waals surface area contributed by atoms with Gasteiger partial charge in [0.05, 0.1) is 12.1 Å². The van der Waals surface area contributed by atoms with Crippen LogP contribution in [0.25, 0.3) is 21.5 Å². The third-order valence-electron chi connectivity index (χ3n) is 14.2. The average Bonchev–Trinajstić information content (AvgIpc) is 3.64. The second kappa shape index (κ2) is 26.1. The Hall–Kier alpha value is -6.44. The van der Waals surface area contributed by atoms with Crippen LogP contribution in [0.5, 0.6) is 0 Å². The van der Waals surface area contributed by atoms with Crippen LogP contribution in [-0.4, -0.2) is 110 Å². The number of hydrogen-bond donors (Lipinski definition) is 6. The number of fused-ring (bicyclic) bond motifs is 2. The topological polar surface area (TPSA) is 175 Å². The van der Waals surface area contributed by atoms with Crippen LogP contribution in [0.1, 0.15) is 96.6 Å². The molecule has 0 saturated carbocycles. The summed E-state index contributed by atoms with van der Waals surface area (Å²) in [6, 6.07) is 47.7. The third-order valence-corrected chi connectivity index (χ3v) is 14.2. The number of nitrogens with two attached hydrogens (primary N) is 2. The second-order valence-electron chi connectivity index (χ2n) is 19.5. The van der Waals surface area contributed by atoms with Gasteiger partial charge in [-0.3, -0.25) is 19.2 Å². The van der Waals surface area contributed by atoms with Crippen molar-refractivity contribution in [1.29, 1.82) is 0 Å². The Balaban J connectivity index is 0.000000209. The summed E-state index contributed by atoms with van der Waals surface area (Å²) >= 11 is 0. The first-order chi connectivity index (χ1) is 34.5. The molecule has 6 aromatic carbocycles. The molecule has 6 aromatic rings. The van der Waals surface area contributed by atoms with E-state index in [1.54, 1.807) is 0 Å². The van der Waals surface area contributed by atoms with E-state index in [0.717, 1.165) is 40.8 Å². The summed E-state index contributed by atoms with van der Waals surface area (Å²) < 4.78 is 0. The molecule has 4 amide bonds. The molecule has 8 rings (SSSR count). The lowest BCUT2D eigenvalue weighted by Crippen LogP contribution is -2.50. The number of hydrogen-bond acceptors (Lipinski definition) is 8. The predicted molar refractivity (Wildman–Crippen MR) is 287 cm³/mol. The highest BCUT2D eigenvalue weighted by atomic mass is 16.2. The summed E-state index contributed by atoms with van der Waals surface area (Å²) in [5.74, 6) is 0.963. The molecule has 2 aliphatic heterocycles. The van der Waals surface area contributed by atoms with Gasteiger partial charge in [-0.1, -0.05) is 142 Å². The van der Waals surface area contributed by atoms with Crippen molar-refractivity contribution in [1.82, 2.24) is 31.1 Å². The molecule has 2 fully saturated rings. The predicted octanol–water partition coefficient (Wildman–Crippen LogP) is 7.59. The normalized spacial score (nSPS) is 19.4. The summed E-state index contributed by atoms with van der Waals surface area (Å²) in [5.41, 5.74) is 15.5. The molecule has 2 heterocycles. The van der Waals surface area contributed by atoms with Crippen LogP contribution >= 0.6 is 0 Å². The molecule has 6 atom stereocenters. The standard InChI is InChI=1S/C30H38N4O2.C29H36N4O2/c1-21(2)27(23-9-4-3-5-10-23)20-34-17-15-26(33-28(14-16-31)30(34)36)19-32-29(35)25-13-12-22-8-6-7-11-24(22)18-25;1-2-21(22-8-4-3-5-9-22)20-33-17-15-26(32-27(14-16-30)29(33)35)19-31-28(34)25-13-12-23-10-6-7-11-24(23)18-25/h3-13,18,21,26-28,33H,14-17,19-20,31H2,1-2H3,(H,32,35);3-13,18,21,26-27,32H,2,14-17,19-20,30H2,1H3,(H,31,34)/t26-,27?,28-;21?,26-,27-/m00/s1. The molecular weight excluding hydrogens is 885 g/mol. The number of carbonyl (C=O) groups excluding carboxylic acids is 4. The number of nitrogens with one attached hydrogen (secondary N) is 4. The molecule has 0 radical (unpaired) electrons. The van der Waals surface area contributed by atoms with Crippen molar-refractivity contribution in [2.24, 2.45) is 17.4 Å². The highest BCUT2D eigenvalue weighted by Crippen LogP contribution is 2.27. The fourth-order valence-electron chi connectivity index (χ4n) is 9.99. The van der Waals surface area contributed by atoms with Crippen molar-refractivity contribution < 1.29 is 19.2 Å². The zero-order valence-electron chi connectivity index (χ0n) is 41.8. The van der Waals surface area contributed by atoms with Gasteiger partial charge in [-0.25, -0.2) is 0 Å². The van der Waals surface area contributed by atoms with Crippen LogP contribution in [0.15, 0.2) is 146 Å². The summed E-state index contributed by atoms with van der Waals surface area (Å²) in [7, 11) is 0. The summed E-state index contributed by atoms with van der Waals surface area (Å²) in [5, 5.41) is 17.4. The lowest BCUT2D eigenvalue weighted by Gasteiger charge is -2.31. The number of benzene rings is 6. The maximum atomic E-state index is 13.5. The van der Waals surface area contributed by atoms with Crippen molar-refractivity contribution in [3.8, 4) is 0 Å². The van der Waals surface area contributed by atoms with E-state index in [1.165, 1.54) is 11.1 Å². The van der Waals surface area contributed by atoms with Crippen LogP contribution in [0.2, 0.25) is 0 Å². The van der Waals surface area contributed by atoms with Gasteiger partial charge in [-0.05, 0) is 108 Å². The Kier molecular flexibility index (Phi) is 19.3. The van der Waals surface area contributed by atoms with Crippen molar-refractivity contribution in [2.45, 2.75) is 88.9 Å². The lowest BCUT2D eigenvalue weighted by molar-refractivity contribution is -0.133. The SMILES string of the molecule is CC(C)C(CN1CC[C@@H](CNC(=O)c2ccc3ccccc3c2)N[C@@H](CCN)C1=O)c1ccccc1.CCC(CN1CC[C@@H](CNC(=O)c2ccc3ccccc3c2)N[C@@H](CCN)C1=O)c1ccccc1. The molecular formula is C59H74N8O4. The molecule has 0 spiro atoms. The van der Waals surface area contributed by atoms with Crippen molar-refractivity contribution in [3.63, 3.8) is 0 Å². The summed E-state index contributed by atoms with van der Waals surface area (Å²) in [4.78, 5) is 56.6. The van der Waals surface area contributed by atoms with Crippen LogP contribution in [0, 0.1) is 5.92 Å². The van der Waals surface area contributed by atoms with Gasteiger partial charge in [-0.2, -0.15) is 0 Å². The van der Waals surface area contributed by atoms with Gasteiger partial charge in [0.25, 0.3) is 11.8 Å². The van der Waals surface area contributed by atoms with Crippen LogP contribution in [-0.2, 0) is 9.59 Å². The number of nitrogens with zero attached hydrogens (tertiary/aromatic N) is 2. The first-order valence-electron chi connectivity index (χ1n) is 25.7. The van der Waals surface area contributed by atoms with E-state index < -0.39 is 0 Å². The minimum Gasteiger partial charge on any atom is -0.350 e. The lowest BCUT2D eigenvalue weighted by atomic mass is 9.87. The molecule has 0 aromatic heterocycles. The fraction of sp³-hybridized carbons (Fsp3) is 0.390. The molecule has 0 bridgehead atoms. The minimum absolute atomic E-state index is 0.00158. The van der Waals surface area contributed by atoms with Crippen molar-refractivity contribution >= 4 is 45.2 Å². The highest BCUT2D eigenvalue weighted by Gasteiger charge is 2.34. The molecule has 8 N–H and O–H groups in total. The smallest absolute Gasteiger partial charge is 0.251 e. The maximum absolute atomic E-state index is 13.5. The Bertz CT molecular complexity index is 2660. The monoisotopic (exact) mass is 959 g/mol. The molecule has 71 heavy (non-hydrogen) atoms. The van der Waals surface area contributed by atoms with Crippen LogP contribution in [0.3, 0.4) is 0 Å². The summed E-state index contributed by atoms with van der Waals surface area (Å²) in [6.45, 7) is 11.1. The van der Waals surface area contributed by atoms with Crippen molar-refractivity contribution in [2.75, 3.05) is 52.4 Å². The van der Waals surface area contributed by atoms with E-state index in [2.05, 4.69) is 90.6 Å². The molecule has 12 heteroatoms. The van der Waals surface area contributed by atoms with E-state index in [4.69, 9.17) is 11.5 Å². The largest absolute Gasteiger partial charge is 0.350 e. The minimum atomic E-state index is -0.344. The highest BCUT2D eigenvalue weighted by molar-refractivity contribution is 5.99. The van der Waals surface area contributed by atoms with Gasteiger partial charge in [0.1, 0.15) is 0 Å². The number of carbonyl (C=O) groups is 4. The van der Waals surface area contributed by atoms with Crippen LogP contribution in [0.4, 0.5) is 0 Å². The molecule has 12 nitrogen and oxygen atoms in total. The Morgan fingerprint density at radius 1 is 0.577 bits per heavy atom. The van der Waals surface area contributed by atoms with Gasteiger partial charge in [0.15, 0.2) is 0 Å². The third kappa shape index (κ3) is 14.3. The van der Waals surface area contributed by atoms with Gasteiger partial charge < -0.3 is 42.5 Å². The molecule has 374 valence electrons. The second-order valence-corrected chi connectivity index (χ2v) is 19.5. The fourth-order valence-corrected chi connectivity index (χ4v) is 9.99. The molecule has 2 saturated heterocycles. The number of amides is 4. The zero-order chi connectivity index (χ0) is 50.1. The van der Waals surface area contributed by atoms with Gasteiger partial charge in [0, 0.05) is 74.3 Å². The Morgan fingerprint density at radius 3 is 1.44 bits per heavy atom. The first kappa shape index (κ1) is 52.4. The maximum Gasteiger partial charge on any atom is 0.251 e. The van der Waals surface area contributed by atoms with E-state index in [9.17, 15) is 19.2 Å².